The summed E-state index contributed by atoms with van der Waals surface area (Å²) in [7, 11) is 1.27. The number of hydrogen-bond acceptors (Lipinski definition) is 7. The zero-order chi connectivity index (χ0) is 23.4. The van der Waals surface area contributed by atoms with E-state index in [0.29, 0.717) is 27.2 Å². The van der Waals surface area contributed by atoms with Crippen LogP contribution in [0.3, 0.4) is 0 Å². The lowest BCUT2D eigenvalue weighted by Gasteiger charge is -2.22. The second-order valence-electron chi connectivity index (χ2n) is 7.32. The molecule has 0 spiro atoms. The molecule has 0 saturated heterocycles. The molecule has 5 rings (SSSR count). The number of nitrogens with zero attached hydrogens (tertiary/aromatic N) is 2. The Kier molecular flexibility index (Phi) is 5.23. The smallest absolute Gasteiger partial charge is 0.350 e. The minimum absolute atomic E-state index is 0.0813. The van der Waals surface area contributed by atoms with E-state index in [9.17, 15) is 14.4 Å². The molecule has 10 heteroatoms. The number of halogens is 2. The number of rotatable bonds is 3. The molecule has 0 bridgehead atoms. The Hall–Kier alpha value is -3.20. The van der Waals surface area contributed by atoms with Crippen LogP contribution in [-0.4, -0.2) is 24.0 Å². The first-order chi connectivity index (χ1) is 15.8. The summed E-state index contributed by atoms with van der Waals surface area (Å²) >= 11 is 13.4. The van der Waals surface area contributed by atoms with Gasteiger partial charge in [-0.3, -0.25) is 14.5 Å². The van der Waals surface area contributed by atoms with Gasteiger partial charge in [0.05, 0.1) is 39.8 Å². The van der Waals surface area contributed by atoms with Crippen molar-refractivity contribution in [3.05, 3.63) is 90.2 Å². The third kappa shape index (κ3) is 3.33. The van der Waals surface area contributed by atoms with Crippen molar-refractivity contribution in [1.29, 1.82) is 0 Å². The summed E-state index contributed by atoms with van der Waals surface area (Å²) in [6.07, 6.45) is 0. The second-order valence-corrected chi connectivity index (χ2v) is 9.12. The van der Waals surface area contributed by atoms with Gasteiger partial charge in [-0.25, -0.2) is 9.78 Å². The van der Waals surface area contributed by atoms with Gasteiger partial charge >= 0.3 is 5.97 Å². The van der Waals surface area contributed by atoms with Crippen molar-refractivity contribution < 1.29 is 18.7 Å². The molecular formula is C23H14Cl2N2O5S. The van der Waals surface area contributed by atoms with Gasteiger partial charge in [-0.1, -0.05) is 52.7 Å². The van der Waals surface area contributed by atoms with E-state index in [1.807, 2.05) is 0 Å². The molecule has 166 valence electrons. The lowest BCUT2D eigenvalue weighted by Crippen LogP contribution is -2.29. The number of amides is 1. The summed E-state index contributed by atoms with van der Waals surface area (Å²) in [5, 5.41) is 1.18. The van der Waals surface area contributed by atoms with Gasteiger partial charge in [0, 0.05) is 0 Å². The Bertz CT molecular complexity index is 1530. The Morgan fingerprint density at radius 3 is 2.64 bits per heavy atom. The van der Waals surface area contributed by atoms with Crippen LogP contribution in [0.4, 0.5) is 5.13 Å². The van der Waals surface area contributed by atoms with E-state index in [4.69, 9.17) is 32.4 Å². The number of ether oxygens (including phenoxy) is 1. The van der Waals surface area contributed by atoms with Crippen molar-refractivity contribution in [2.24, 2.45) is 0 Å². The van der Waals surface area contributed by atoms with E-state index < -0.39 is 17.9 Å². The molecule has 1 unspecified atom stereocenters. The monoisotopic (exact) mass is 500 g/mol. The van der Waals surface area contributed by atoms with Gasteiger partial charge in [0.1, 0.15) is 10.5 Å². The third-order valence-corrected chi connectivity index (χ3v) is 7.27. The molecule has 2 aromatic carbocycles. The van der Waals surface area contributed by atoms with Gasteiger partial charge in [0.15, 0.2) is 10.6 Å². The van der Waals surface area contributed by atoms with Crippen LogP contribution in [-0.2, 0) is 4.74 Å². The molecule has 33 heavy (non-hydrogen) atoms. The Morgan fingerprint density at radius 1 is 1.15 bits per heavy atom. The molecule has 1 aliphatic heterocycles. The van der Waals surface area contributed by atoms with Crippen molar-refractivity contribution in [2.75, 3.05) is 12.0 Å². The van der Waals surface area contributed by atoms with Crippen molar-refractivity contribution in [1.82, 2.24) is 4.98 Å². The van der Waals surface area contributed by atoms with E-state index in [-0.39, 0.29) is 31.8 Å². The molecule has 1 aliphatic rings. The normalized spacial score (nSPS) is 15.2. The first-order valence-electron chi connectivity index (χ1n) is 9.71. The maximum absolute atomic E-state index is 13.6. The Labute approximate surface area is 201 Å². The number of methoxy groups -OCH3 is 1. The van der Waals surface area contributed by atoms with Crippen LogP contribution in [0.25, 0.3) is 11.0 Å². The number of anilines is 1. The molecule has 0 fully saturated rings. The first-order valence-corrected chi connectivity index (χ1v) is 11.3. The third-order valence-electron chi connectivity index (χ3n) is 5.40. The summed E-state index contributed by atoms with van der Waals surface area (Å²) in [6, 6.07) is 10.7. The molecule has 4 aromatic rings. The number of esters is 1. The van der Waals surface area contributed by atoms with Gasteiger partial charge in [0.2, 0.25) is 5.76 Å². The molecule has 1 atom stereocenters. The van der Waals surface area contributed by atoms with Gasteiger partial charge in [-0.05, 0) is 36.8 Å². The highest BCUT2D eigenvalue weighted by Crippen LogP contribution is 2.44. The van der Waals surface area contributed by atoms with Crippen LogP contribution in [0.15, 0.2) is 51.7 Å². The minimum Gasteiger partial charge on any atom is -0.465 e. The summed E-state index contributed by atoms with van der Waals surface area (Å²) in [5.74, 6) is -1.19. The number of carbonyl (C=O) groups is 2. The number of para-hydroxylation sites is 1. The van der Waals surface area contributed by atoms with Crippen LogP contribution in [0.1, 0.15) is 43.1 Å². The maximum atomic E-state index is 13.6. The van der Waals surface area contributed by atoms with Crippen LogP contribution in [0.2, 0.25) is 10.0 Å². The van der Waals surface area contributed by atoms with Crippen LogP contribution in [0, 0.1) is 6.92 Å². The molecule has 7 nitrogen and oxygen atoms in total. The molecule has 3 heterocycles. The van der Waals surface area contributed by atoms with Crippen molar-refractivity contribution >= 4 is 62.5 Å². The minimum atomic E-state index is -0.876. The van der Waals surface area contributed by atoms with Crippen LogP contribution in [0.5, 0.6) is 0 Å². The number of benzene rings is 2. The van der Waals surface area contributed by atoms with Gasteiger partial charge in [-0.2, -0.15) is 0 Å². The molecule has 1 amide bonds. The first kappa shape index (κ1) is 21.6. The summed E-state index contributed by atoms with van der Waals surface area (Å²) in [4.78, 5) is 45.3. The molecule has 0 saturated carbocycles. The molecule has 0 radical (unpaired) electrons. The Balaban J connectivity index is 1.79. The predicted molar refractivity (Wildman–Crippen MR) is 126 cm³/mol. The zero-order valence-electron chi connectivity index (χ0n) is 17.2. The number of hydrogen-bond donors (Lipinski definition) is 0. The predicted octanol–water partition coefficient (Wildman–Crippen LogP) is 5.40. The van der Waals surface area contributed by atoms with Gasteiger partial charge in [-0.15, -0.1) is 0 Å². The summed E-state index contributed by atoms with van der Waals surface area (Å²) in [6.45, 7) is 1.64. The van der Waals surface area contributed by atoms with Crippen molar-refractivity contribution in [2.45, 2.75) is 13.0 Å². The van der Waals surface area contributed by atoms with E-state index in [0.717, 1.165) is 11.3 Å². The highest BCUT2D eigenvalue weighted by molar-refractivity contribution is 7.17. The quantitative estimate of drug-likeness (QED) is 0.349. The van der Waals surface area contributed by atoms with Gasteiger partial charge in [0.25, 0.3) is 5.91 Å². The lowest BCUT2D eigenvalue weighted by atomic mass is 9.99. The summed E-state index contributed by atoms with van der Waals surface area (Å²) < 4.78 is 10.7. The lowest BCUT2D eigenvalue weighted by molar-refractivity contribution is 0.0605. The fourth-order valence-electron chi connectivity index (χ4n) is 3.88. The average molecular weight is 501 g/mol. The Morgan fingerprint density at radius 2 is 1.91 bits per heavy atom. The molecule has 0 aliphatic carbocycles. The topological polar surface area (TPSA) is 89.7 Å². The number of carbonyl (C=O) groups excluding carboxylic acids is 2. The number of aryl methyl sites for hydroxylation is 1. The fraction of sp³-hybridized carbons (Fsp3) is 0.130. The standard InChI is InChI=1S/C23H14Cl2N2O5S/c1-10-20(22(30)31-2)33-23(26-10)27-17(11-7-8-13(24)14(25)9-11)16-18(28)12-5-3-4-6-15(12)32-19(16)21(27)29/h3-9,17H,1-2H3. The fourth-order valence-corrected chi connectivity index (χ4v) is 5.20. The highest BCUT2D eigenvalue weighted by atomic mass is 35.5. The van der Waals surface area contributed by atoms with Gasteiger partial charge < -0.3 is 9.15 Å². The number of aromatic nitrogens is 1. The van der Waals surface area contributed by atoms with Crippen LogP contribution >= 0.6 is 34.5 Å². The molecular weight excluding hydrogens is 487 g/mol. The maximum Gasteiger partial charge on any atom is 0.350 e. The molecule has 2 aromatic heterocycles. The van der Waals surface area contributed by atoms with E-state index in [1.54, 1.807) is 49.4 Å². The number of fused-ring (bicyclic) bond motifs is 2. The zero-order valence-corrected chi connectivity index (χ0v) is 19.5. The molecule has 0 N–H and O–H groups in total. The second kappa shape index (κ2) is 7.98. The van der Waals surface area contributed by atoms with E-state index >= 15 is 0 Å². The van der Waals surface area contributed by atoms with Crippen molar-refractivity contribution in [3.63, 3.8) is 0 Å². The SMILES string of the molecule is COC(=O)c1sc(N2C(=O)c3oc4ccccc4c(=O)c3C2c2ccc(Cl)c(Cl)c2)nc1C. The summed E-state index contributed by atoms with van der Waals surface area (Å²) in [5.41, 5.74) is 1.09. The largest absolute Gasteiger partial charge is 0.465 e. The van der Waals surface area contributed by atoms with E-state index in [2.05, 4.69) is 4.98 Å². The van der Waals surface area contributed by atoms with E-state index in [1.165, 1.54) is 12.0 Å². The van der Waals surface area contributed by atoms with Crippen molar-refractivity contribution in [3.8, 4) is 0 Å². The van der Waals surface area contributed by atoms with Crippen LogP contribution < -0.4 is 10.3 Å². The average Bonchev–Trinajstić information content (AvgIpc) is 3.33. The highest BCUT2D eigenvalue weighted by Gasteiger charge is 2.45. The number of thiazole rings is 1.